The first-order chi connectivity index (χ1) is 6.04. The Morgan fingerprint density at radius 2 is 2.00 bits per heavy atom. The third kappa shape index (κ3) is 1.94. The zero-order valence-electron chi connectivity index (χ0n) is 8.59. The predicted molar refractivity (Wildman–Crippen MR) is 52.9 cm³/mol. The van der Waals surface area contributed by atoms with Gasteiger partial charge in [0.2, 0.25) is 0 Å². The van der Waals surface area contributed by atoms with E-state index < -0.39 is 0 Å². The fourth-order valence-corrected chi connectivity index (χ4v) is 1.22. The molecule has 0 aromatic carbocycles. The van der Waals surface area contributed by atoms with Crippen LogP contribution in [-0.2, 0) is 0 Å². The first kappa shape index (κ1) is 9.90. The van der Waals surface area contributed by atoms with Gasteiger partial charge in [-0.3, -0.25) is 9.78 Å². The normalized spacial score (nSPS) is 10.5. The molecule has 0 radical (unpaired) electrons. The molecular formula is C11H15NO. The molecule has 0 N–H and O–H groups in total. The Bertz CT molecular complexity index is 329. The van der Waals surface area contributed by atoms with Gasteiger partial charge in [-0.05, 0) is 25.5 Å². The minimum atomic E-state index is 0.0560. The molecule has 0 aliphatic carbocycles. The highest BCUT2D eigenvalue weighted by atomic mass is 16.1. The Morgan fingerprint density at radius 3 is 2.54 bits per heavy atom. The lowest BCUT2D eigenvalue weighted by atomic mass is 9.97. The van der Waals surface area contributed by atoms with Crippen LogP contribution in [0.5, 0.6) is 0 Å². The molecule has 2 heteroatoms. The van der Waals surface area contributed by atoms with Crippen LogP contribution in [0.15, 0.2) is 12.3 Å². The first-order valence-electron chi connectivity index (χ1n) is 4.50. The summed E-state index contributed by atoms with van der Waals surface area (Å²) in [6.07, 6.45) is 1.69. The summed E-state index contributed by atoms with van der Waals surface area (Å²) in [5.74, 6) is 0.253. The van der Waals surface area contributed by atoms with Crippen molar-refractivity contribution in [3.05, 3.63) is 29.1 Å². The van der Waals surface area contributed by atoms with Crippen molar-refractivity contribution in [2.45, 2.75) is 27.7 Å². The molecule has 13 heavy (non-hydrogen) atoms. The second kappa shape index (κ2) is 3.69. The number of pyridine rings is 1. The lowest BCUT2D eigenvalue weighted by molar-refractivity contribution is 0.0938. The van der Waals surface area contributed by atoms with E-state index in [1.165, 1.54) is 0 Å². The summed E-state index contributed by atoms with van der Waals surface area (Å²) in [5.41, 5.74) is 2.75. The molecule has 0 spiro atoms. The Hall–Kier alpha value is -1.18. The quantitative estimate of drug-likeness (QED) is 0.650. The Kier molecular flexibility index (Phi) is 2.81. The molecule has 0 saturated heterocycles. The van der Waals surface area contributed by atoms with E-state index in [2.05, 4.69) is 4.98 Å². The molecule has 0 unspecified atom stereocenters. The monoisotopic (exact) mass is 177 g/mol. The van der Waals surface area contributed by atoms with E-state index >= 15 is 0 Å². The zero-order chi connectivity index (χ0) is 10.0. The predicted octanol–water partition coefficient (Wildman–Crippen LogP) is 2.54. The number of hydrogen-bond acceptors (Lipinski definition) is 2. The zero-order valence-corrected chi connectivity index (χ0v) is 8.59. The summed E-state index contributed by atoms with van der Waals surface area (Å²) >= 11 is 0. The minimum Gasteiger partial charge on any atom is -0.294 e. The van der Waals surface area contributed by atoms with Gasteiger partial charge in [0.05, 0.1) is 0 Å². The number of Topliss-reactive ketones (excluding diaryl/α,β-unsaturated/α-hetero) is 1. The number of rotatable bonds is 2. The molecule has 0 aliphatic rings. The summed E-state index contributed by atoms with van der Waals surface area (Å²) in [5, 5.41) is 0. The highest BCUT2D eigenvalue weighted by Gasteiger charge is 2.13. The van der Waals surface area contributed by atoms with Gasteiger partial charge >= 0.3 is 0 Å². The van der Waals surface area contributed by atoms with E-state index in [0.29, 0.717) is 0 Å². The SMILES string of the molecule is Cc1nccc(C(=O)C(C)C)c1C. The van der Waals surface area contributed by atoms with E-state index in [1.807, 2.05) is 27.7 Å². The molecule has 1 aromatic heterocycles. The van der Waals surface area contributed by atoms with Gasteiger partial charge < -0.3 is 0 Å². The van der Waals surface area contributed by atoms with Crippen LogP contribution in [0.1, 0.15) is 35.5 Å². The fourth-order valence-electron chi connectivity index (χ4n) is 1.22. The van der Waals surface area contributed by atoms with Crippen LogP contribution in [0, 0.1) is 19.8 Å². The third-order valence-electron chi connectivity index (χ3n) is 2.25. The van der Waals surface area contributed by atoms with Crippen LogP contribution in [-0.4, -0.2) is 10.8 Å². The number of nitrogens with zero attached hydrogens (tertiary/aromatic N) is 1. The highest BCUT2D eigenvalue weighted by molar-refractivity contribution is 5.98. The van der Waals surface area contributed by atoms with E-state index in [1.54, 1.807) is 12.3 Å². The second-order valence-corrected chi connectivity index (χ2v) is 3.59. The standard InChI is InChI=1S/C11H15NO/c1-7(2)11(13)10-5-6-12-9(4)8(10)3/h5-7H,1-4H3. The van der Waals surface area contributed by atoms with Gasteiger partial charge in [0.15, 0.2) is 5.78 Å². The van der Waals surface area contributed by atoms with E-state index in [-0.39, 0.29) is 11.7 Å². The molecule has 0 atom stereocenters. The van der Waals surface area contributed by atoms with Crippen molar-refractivity contribution < 1.29 is 4.79 Å². The minimum absolute atomic E-state index is 0.0560. The lowest BCUT2D eigenvalue weighted by Crippen LogP contribution is -2.10. The van der Waals surface area contributed by atoms with Gasteiger partial charge in [0, 0.05) is 23.4 Å². The van der Waals surface area contributed by atoms with Crippen molar-refractivity contribution >= 4 is 5.78 Å². The van der Waals surface area contributed by atoms with Crippen molar-refractivity contribution in [1.29, 1.82) is 0 Å². The number of carbonyl (C=O) groups excluding carboxylic acids is 1. The van der Waals surface area contributed by atoms with Gasteiger partial charge in [0.1, 0.15) is 0 Å². The number of hydrogen-bond donors (Lipinski definition) is 0. The van der Waals surface area contributed by atoms with Crippen LogP contribution in [0.3, 0.4) is 0 Å². The molecule has 0 bridgehead atoms. The number of aromatic nitrogens is 1. The molecule has 0 amide bonds. The van der Waals surface area contributed by atoms with E-state index in [9.17, 15) is 4.79 Å². The fraction of sp³-hybridized carbons (Fsp3) is 0.455. The maximum Gasteiger partial charge on any atom is 0.165 e. The van der Waals surface area contributed by atoms with Crippen molar-refractivity contribution in [2.75, 3.05) is 0 Å². The highest BCUT2D eigenvalue weighted by Crippen LogP contribution is 2.14. The molecule has 1 rings (SSSR count). The van der Waals surface area contributed by atoms with E-state index in [0.717, 1.165) is 16.8 Å². The number of carbonyl (C=O) groups is 1. The van der Waals surface area contributed by atoms with Gasteiger partial charge in [-0.2, -0.15) is 0 Å². The molecule has 1 heterocycles. The molecule has 1 aromatic rings. The van der Waals surface area contributed by atoms with Crippen LogP contribution in [0.25, 0.3) is 0 Å². The molecule has 0 saturated carbocycles. The van der Waals surface area contributed by atoms with Crippen LogP contribution in [0.2, 0.25) is 0 Å². The smallest absolute Gasteiger partial charge is 0.165 e. The van der Waals surface area contributed by atoms with Crippen LogP contribution >= 0.6 is 0 Å². The Labute approximate surface area is 79.0 Å². The largest absolute Gasteiger partial charge is 0.294 e. The van der Waals surface area contributed by atoms with Gasteiger partial charge in [-0.1, -0.05) is 13.8 Å². The maximum absolute atomic E-state index is 11.7. The first-order valence-corrected chi connectivity index (χ1v) is 4.50. The average Bonchev–Trinajstić information content (AvgIpc) is 2.08. The summed E-state index contributed by atoms with van der Waals surface area (Å²) < 4.78 is 0. The summed E-state index contributed by atoms with van der Waals surface area (Å²) in [6, 6.07) is 1.80. The molecular weight excluding hydrogens is 162 g/mol. The lowest BCUT2D eigenvalue weighted by Gasteiger charge is -2.08. The summed E-state index contributed by atoms with van der Waals surface area (Å²) in [6.45, 7) is 7.69. The van der Waals surface area contributed by atoms with Crippen molar-refractivity contribution in [1.82, 2.24) is 4.98 Å². The summed E-state index contributed by atoms with van der Waals surface area (Å²) in [4.78, 5) is 15.8. The van der Waals surface area contributed by atoms with Gasteiger partial charge in [-0.25, -0.2) is 0 Å². The van der Waals surface area contributed by atoms with E-state index in [4.69, 9.17) is 0 Å². The van der Waals surface area contributed by atoms with Gasteiger partial charge in [-0.15, -0.1) is 0 Å². The molecule has 0 aliphatic heterocycles. The summed E-state index contributed by atoms with van der Waals surface area (Å²) in [7, 11) is 0. The number of aryl methyl sites for hydroxylation is 1. The van der Waals surface area contributed by atoms with Crippen molar-refractivity contribution in [2.24, 2.45) is 5.92 Å². The molecule has 2 nitrogen and oxygen atoms in total. The Morgan fingerprint density at radius 1 is 1.38 bits per heavy atom. The van der Waals surface area contributed by atoms with Gasteiger partial charge in [0.25, 0.3) is 0 Å². The topological polar surface area (TPSA) is 30.0 Å². The maximum atomic E-state index is 11.7. The van der Waals surface area contributed by atoms with Crippen LogP contribution in [0.4, 0.5) is 0 Å². The van der Waals surface area contributed by atoms with Crippen molar-refractivity contribution in [3.8, 4) is 0 Å². The second-order valence-electron chi connectivity index (χ2n) is 3.59. The third-order valence-corrected chi connectivity index (χ3v) is 2.25. The van der Waals surface area contributed by atoms with Crippen molar-refractivity contribution in [3.63, 3.8) is 0 Å². The molecule has 70 valence electrons. The Balaban J connectivity index is 3.15. The average molecular weight is 177 g/mol. The van der Waals surface area contributed by atoms with Crippen LogP contribution < -0.4 is 0 Å². The number of ketones is 1. The molecule has 0 fully saturated rings.